The first kappa shape index (κ1) is 14.3. The molecule has 2 aromatic rings. The van der Waals surface area contributed by atoms with E-state index in [1.807, 2.05) is 25.1 Å². The van der Waals surface area contributed by atoms with Gasteiger partial charge in [0.1, 0.15) is 5.75 Å². The second kappa shape index (κ2) is 5.92. The molecule has 5 nitrogen and oxygen atoms in total. The zero-order valence-electron chi connectivity index (χ0n) is 11.0. The quantitative estimate of drug-likeness (QED) is 0.870. The highest BCUT2D eigenvalue weighted by Crippen LogP contribution is 2.30. The van der Waals surface area contributed by atoms with Crippen molar-refractivity contribution in [1.29, 1.82) is 0 Å². The van der Waals surface area contributed by atoms with E-state index in [0.29, 0.717) is 5.75 Å². The van der Waals surface area contributed by atoms with Gasteiger partial charge < -0.3 is 15.2 Å². The summed E-state index contributed by atoms with van der Waals surface area (Å²) in [4.78, 5) is 15.6. The van der Waals surface area contributed by atoms with Gasteiger partial charge in [-0.25, -0.2) is 9.78 Å². The predicted octanol–water partition coefficient (Wildman–Crippen LogP) is 3.31. The Morgan fingerprint density at radius 1 is 1.35 bits per heavy atom. The summed E-state index contributed by atoms with van der Waals surface area (Å²) in [6.07, 6.45) is 1.36. The van der Waals surface area contributed by atoms with Crippen molar-refractivity contribution in [2.75, 3.05) is 12.8 Å². The Balaban J connectivity index is 2.32. The molecule has 0 saturated heterocycles. The third-order valence-electron chi connectivity index (χ3n) is 2.62. The van der Waals surface area contributed by atoms with Crippen LogP contribution in [-0.2, 0) is 4.74 Å². The van der Waals surface area contributed by atoms with Gasteiger partial charge in [0.05, 0.1) is 29.0 Å². The standard InChI is InChI=1S/C14H13BrN2O3/c1-8-3-4-12(10(15)5-8)20-13-6-9(14(18)19-2)11(16)7-17-13/h3-7H,16H2,1-2H3. The topological polar surface area (TPSA) is 74.4 Å². The number of aromatic nitrogens is 1. The van der Waals surface area contributed by atoms with Crippen molar-refractivity contribution in [1.82, 2.24) is 4.98 Å². The minimum Gasteiger partial charge on any atom is -0.465 e. The molecule has 20 heavy (non-hydrogen) atoms. The van der Waals surface area contributed by atoms with Gasteiger partial charge in [0.25, 0.3) is 0 Å². The van der Waals surface area contributed by atoms with E-state index >= 15 is 0 Å². The summed E-state index contributed by atoms with van der Waals surface area (Å²) in [7, 11) is 1.29. The maximum absolute atomic E-state index is 11.6. The van der Waals surface area contributed by atoms with Gasteiger partial charge in [-0.15, -0.1) is 0 Å². The van der Waals surface area contributed by atoms with Crippen molar-refractivity contribution >= 4 is 27.6 Å². The molecule has 0 bridgehead atoms. The molecule has 0 aliphatic heterocycles. The van der Waals surface area contributed by atoms with Crippen molar-refractivity contribution in [2.24, 2.45) is 0 Å². The first-order valence-corrected chi connectivity index (χ1v) is 6.58. The largest absolute Gasteiger partial charge is 0.465 e. The number of esters is 1. The Kier molecular flexibility index (Phi) is 4.24. The van der Waals surface area contributed by atoms with Gasteiger partial charge in [0.2, 0.25) is 5.88 Å². The SMILES string of the molecule is COC(=O)c1cc(Oc2ccc(C)cc2Br)ncc1N. The van der Waals surface area contributed by atoms with Gasteiger partial charge in [0, 0.05) is 6.07 Å². The second-order valence-corrected chi connectivity index (χ2v) is 4.99. The molecule has 1 heterocycles. The fourth-order valence-corrected chi connectivity index (χ4v) is 2.16. The molecule has 1 aromatic carbocycles. The lowest BCUT2D eigenvalue weighted by Crippen LogP contribution is -2.06. The maximum atomic E-state index is 11.6. The molecule has 0 atom stereocenters. The number of hydrogen-bond donors (Lipinski definition) is 1. The normalized spacial score (nSPS) is 10.2. The van der Waals surface area contributed by atoms with Crippen molar-refractivity contribution < 1.29 is 14.3 Å². The highest BCUT2D eigenvalue weighted by Gasteiger charge is 2.13. The summed E-state index contributed by atoms with van der Waals surface area (Å²) in [5.74, 6) is 0.338. The van der Waals surface area contributed by atoms with Gasteiger partial charge in [0.15, 0.2) is 0 Å². The van der Waals surface area contributed by atoms with Crippen LogP contribution >= 0.6 is 15.9 Å². The molecular formula is C14H13BrN2O3. The number of nitrogen functional groups attached to an aromatic ring is 1. The molecule has 0 amide bonds. The Bertz CT molecular complexity index is 659. The summed E-state index contributed by atoms with van der Waals surface area (Å²) in [5, 5.41) is 0. The Morgan fingerprint density at radius 3 is 2.75 bits per heavy atom. The molecule has 0 radical (unpaired) electrons. The summed E-state index contributed by atoms with van der Waals surface area (Å²) in [5.41, 5.74) is 7.25. The molecule has 2 rings (SSSR count). The third kappa shape index (κ3) is 3.08. The van der Waals surface area contributed by atoms with Crippen molar-refractivity contribution in [2.45, 2.75) is 6.92 Å². The van der Waals surface area contributed by atoms with Crippen LogP contribution in [0.1, 0.15) is 15.9 Å². The Hall–Kier alpha value is -2.08. The van der Waals surface area contributed by atoms with Crippen LogP contribution < -0.4 is 10.5 Å². The predicted molar refractivity (Wildman–Crippen MR) is 78.9 cm³/mol. The van der Waals surface area contributed by atoms with Gasteiger partial charge >= 0.3 is 5.97 Å². The van der Waals surface area contributed by atoms with Crippen molar-refractivity contribution in [3.63, 3.8) is 0 Å². The van der Waals surface area contributed by atoms with Gasteiger partial charge in [-0.3, -0.25) is 0 Å². The first-order chi connectivity index (χ1) is 9.51. The number of anilines is 1. The minimum absolute atomic E-state index is 0.223. The number of carbonyl (C=O) groups excluding carboxylic acids is 1. The van der Waals surface area contributed by atoms with Crippen LogP contribution in [0.15, 0.2) is 34.9 Å². The smallest absolute Gasteiger partial charge is 0.340 e. The van der Waals surface area contributed by atoms with E-state index in [9.17, 15) is 4.79 Å². The monoisotopic (exact) mass is 336 g/mol. The molecular weight excluding hydrogens is 324 g/mol. The van der Waals surface area contributed by atoms with Crippen LogP contribution in [0.2, 0.25) is 0 Å². The van der Waals surface area contributed by atoms with Crippen molar-refractivity contribution in [3.05, 3.63) is 46.1 Å². The van der Waals surface area contributed by atoms with E-state index in [0.717, 1.165) is 10.0 Å². The van der Waals surface area contributed by atoms with Crippen LogP contribution in [0.25, 0.3) is 0 Å². The summed E-state index contributed by atoms with van der Waals surface area (Å²) >= 11 is 3.41. The number of hydrogen-bond acceptors (Lipinski definition) is 5. The molecule has 2 N–H and O–H groups in total. The number of methoxy groups -OCH3 is 1. The van der Waals surface area contributed by atoms with E-state index in [2.05, 4.69) is 25.7 Å². The lowest BCUT2D eigenvalue weighted by molar-refractivity contribution is 0.0601. The molecule has 0 spiro atoms. The average molecular weight is 337 g/mol. The number of carbonyl (C=O) groups is 1. The average Bonchev–Trinajstić information content (AvgIpc) is 2.43. The lowest BCUT2D eigenvalue weighted by Gasteiger charge is -2.09. The zero-order chi connectivity index (χ0) is 14.7. The number of nitrogens with zero attached hydrogens (tertiary/aromatic N) is 1. The fraction of sp³-hybridized carbons (Fsp3) is 0.143. The van der Waals surface area contributed by atoms with Crippen LogP contribution in [0, 0.1) is 6.92 Å². The minimum atomic E-state index is -0.530. The molecule has 1 aromatic heterocycles. The van der Waals surface area contributed by atoms with Crippen LogP contribution in [-0.4, -0.2) is 18.1 Å². The summed E-state index contributed by atoms with van der Waals surface area (Å²) < 4.78 is 11.1. The van der Waals surface area contributed by atoms with Gasteiger partial charge in [-0.2, -0.15) is 0 Å². The maximum Gasteiger partial charge on any atom is 0.340 e. The molecule has 6 heteroatoms. The zero-order valence-corrected chi connectivity index (χ0v) is 12.6. The first-order valence-electron chi connectivity index (χ1n) is 5.79. The third-order valence-corrected chi connectivity index (χ3v) is 3.24. The van der Waals surface area contributed by atoms with Crippen LogP contribution in [0.5, 0.6) is 11.6 Å². The van der Waals surface area contributed by atoms with E-state index < -0.39 is 5.97 Å². The highest BCUT2D eigenvalue weighted by atomic mass is 79.9. The molecule has 104 valence electrons. The lowest BCUT2D eigenvalue weighted by atomic mass is 10.2. The number of rotatable bonds is 3. The van der Waals surface area contributed by atoms with E-state index in [1.165, 1.54) is 19.4 Å². The fourth-order valence-electron chi connectivity index (χ4n) is 1.59. The van der Waals surface area contributed by atoms with Crippen LogP contribution in [0.3, 0.4) is 0 Å². The number of aryl methyl sites for hydroxylation is 1. The molecule has 0 fully saturated rings. The number of pyridine rings is 1. The number of benzene rings is 1. The van der Waals surface area contributed by atoms with Gasteiger partial charge in [-0.1, -0.05) is 6.07 Å². The number of halogens is 1. The van der Waals surface area contributed by atoms with Crippen LogP contribution in [0.4, 0.5) is 5.69 Å². The highest BCUT2D eigenvalue weighted by molar-refractivity contribution is 9.10. The summed E-state index contributed by atoms with van der Waals surface area (Å²) in [6.45, 7) is 1.98. The Morgan fingerprint density at radius 2 is 2.10 bits per heavy atom. The second-order valence-electron chi connectivity index (χ2n) is 4.14. The summed E-state index contributed by atoms with van der Waals surface area (Å²) in [6, 6.07) is 7.11. The molecule has 0 saturated carbocycles. The molecule has 0 aliphatic rings. The Labute approximate surface area is 124 Å². The van der Waals surface area contributed by atoms with E-state index in [-0.39, 0.29) is 17.1 Å². The van der Waals surface area contributed by atoms with Gasteiger partial charge in [-0.05, 0) is 40.5 Å². The molecule has 0 unspecified atom stereocenters. The van der Waals surface area contributed by atoms with Crippen molar-refractivity contribution in [3.8, 4) is 11.6 Å². The van der Waals surface area contributed by atoms with E-state index in [1.54, 1.807) is 0 Å². The number of nitrogens with two attached hydrogens (primary N) is 1. The van der Waals surface area contributed by atoms with E-state index in [4.69, 9.17) is 10.5 Å². The number of ether oxygens (including phenoxy) is 2. The molecule has 0 aliphatic carbocycles.